The third-order valence-electron chi connectivity index (χ3n) is 5.07. The lowest BCUT2D eigenvalue weighted by Gasteiger charge is -2.38. The first kappa shape index (κ1) is 23.0. The summed E-state index contributed by atoms with van der Waals surface area (Å²) in [4.78, 5) is 27.5. The molecule has 2 aromatic heterocycles. The van der Waals surface area contributed by atoms with Crippen molar-refractivity contribution >= 4 is 23.2 Å². The Morgan fingerprint density at radius 1 is 1.26 bits per heavy atom. The van der Waals surface area contributed by atoms with Crippen molar-refractivity contribution < 1.29 is 37.3 Å². The zero-order valence-corrected chi connectivity index (χ0v) is 17.2. The number of carboxylic acids is 1. The SMILES string of the molecule is O=C(O)C(F)(F)F.O=C(c1ccsc1)N1CCC2(CC1)CC(Oc1ccccn1)CO2. The van der Waals surface area contributed by atoms with E-state index in [0.29, 0.717) is 12.5 Å². The fraction of sp³-hybridized carbons (Fsp3) is 0.450. The number of pyridine rings is 1. The Bertz CT molecular complexity index is 869. The highest BCUT2D eigenvalue weighted by atomic mass is 32.1. The Hall–Kier alpha value is -2.66. The van der Waals surface area contributed by atoms with Gasteiger partial charge in [-0.05, 0) is 30.4 Å². The number of rotatable bonds is 3. The van der Waals surface area contributed by atoms with E-state index in [1.54, 1.807) is 17.5 Å². The molecule has 168 valence electrons. The van der Waals surface area contributed by atoms with Gasteiger partial charge in [-0.3, -0.25) is 4.79 Å². The number of aliphatic carboxylic acids is 1. The molecule has 2 aliphatic heterocycles. The maximum atomic E-state index is 12.4. The molecular formula is C20H21F3N2O5S. The minimum Gasteiger partial charge on any atom is -0.475 e. The molecule has 0 bridgehead atoms. The number of piperidine rings is 1. The van der Waals surface area contributed by atoms with Gasteiger partial charge in [0.1, 0.15) is 6.10 Å². The van der Waals surface area contributed by atoms with Gasteiger partial charge < -0.3 is 19.5 Å². The Labute approximate surface area is 180 Å². The molecule has 1 N–H and O–H groups in total. The highest BCUT2D eigenvalue weighted by Gasteiger charge is 2.44. The van der Waals surface area contributed by atoms with Crippen LogP contribution in [-0.2, 0) is 9.53 Å². The van der Waals surface area contributed by atoms with Crippen molar-refractivity contribution in [1.29, 1.82) is 0 Å². The first-order chi connectivity index (χ1) is 14.7. The number of hydrogen-bond donors (Lipinski definition) is 1. The maximum Gasteiger partial charge on any atom is 0.490 e. The number of carboxylic acid groups (broad SMARTS) is 1. The molecule has 0 aliphatic carbocycles. The van der Waals surface area contributed by atoms with Gasteiger partial charge in [0.05, 0.1) is 17.8 Å². The lowest BCUT2D eigenvalue weighted by Crippen LogP contribution is -2.46. The van der Waals surface area contributed by atoms with E-state index in [4.69, 9.17) is 19.4 Å². The van der Waals surface area contributed by atoms with Crippen molar-refractivity contribution in [3.8, 4) is 5.88 Å². The van der Waals surface area contributed by atoms with E-state index in [-0.39, 0.29) is 17.6 Å². The quantitative estimate of drug-likeness (QED) is 0.756. The van der Waals surface area contributed by atoms with Crippen LogP contribution in [0.3, 0.4) is 0 Å². The van der Waals surface area contributed by atoms with Crippen LogP contribution < -0.4 is 4.74 Å². The summed E-state index contributed by atoms with van der Waals surface area (Å²) < 4.78 is 43.8. The molecule has 4 rings (SSSR count). The fourth-order valence-corrected chi connectivity index (χ4v) is 4.13. The summed E-state index contributed by atoms with van der Waals surface area (Å²) >= 11 is 1.56. The van der Waals surface area contributed by atoms with Crippen LogP contribution in [0, 0.1) is 0 Å². The lowest BCUT2D eigenvalue weighted by molar-refractivity contribution is -0.192. The van der Waals surface area contributed by atoms with Gasteiger partial charge in [0.15, 0.2) is 0 Å². The van der Waals surface area contributed by atoms with Crippen LogP contribution >= 0.6 is 11.3 Å². The molecule has 0 aromatic carbocycles. The molecule has 0 radical (unpaired) electrons. The van der Waals surface area contributed by atoms with Crippen molar-refractivity contribution in [2.24, 2.45) is 0 Å². The number of hydrogen-bond acceptors (Lipinski definition) is 6. The zero-order valence-electron chi connectivity index (χ0n) is 16.4. The molecule has 2 aromatic rings. The number of nitrogens with zero attached hydrogens (tertiary/aromatic N) is 2. The molecule has 11 heteroatoms. The molecule has 7 nitrogen and oxygen atoms in total. The predicted molar refractivity (Wildman–Crippen MR) is 105 cm³/mol. The van der Waals surface area contributed by atoms with E-state index in [1.165, 1.54) is 0 Å². The van der Waals surface area contributed by atoms with Crippen LogP contribution in [0.4, 0.5) is 13.2 Å². The molecule has 2 aliphatic rings. The molecule has 1 atom stereocenters. The van der Waals surface area contributed by atoms with E-state index in [9.17, 15) is 18.0 Å². The molecular weight excluding hydrogens is 437 g/mol. The monoisotopic (exact) mass is 458 g/mol. The minimum atomic E-state index is -5.08. The van der Waals surface area contributed by atoms with E-state index < -0.39 is 12.1 Å². The molecule has 31 heavy (non-hydrogen) atoms. The summed E-state index contributed by atoms with van der Waals surface area (Å²) in [5.74, 6) is -1.98. The summed E-state index contributed by atoms with van der Waals surface area (Å²) in [5, 5.41) is 11.0. The van der Waals surface area contributed by atoms with Crippen molar-refractivity contribution in [2.45, 2.75) is 37.1 Å². The second-order valence-corrected chi connectivity index (χ2v) is 7.99. The number of halogens is 3. The van der Waals surface area contributed by atoms with Gasteiger partial charge in [0.2, 0.25) is 5.88 Å². The Morgan fingerprint density at radius 2 is 1.97 bits per heavy atom. The molecule has 1 unspecified atom stereocenters. The maximum absolute atomic E-state index is 12.4. The number of aromatic nitrogens is 1. The van der Waals surface area contributed by atoms with Crippen LogP contribution in [0.1, 0.15) is 29.6 Å². The third kappa shape index (κ3) is 6.17. The van der Waals surface area contributed by atoms with Crippen molar-refractivity contribution in [3.05, 3.63) is 46.8 Å². The number of carbonyl (C=O) groups is 2. The van der Waals surface area contributed by atoms with Gasteiger partial charge in [-0.1, -0.05) is 6.07 Å². The molecule has 4 heterocycles. The normalized spacial score (nSPS) is 20.1. The molecule has 2 saturated heterocycles. The second kappa shape index (κ2) is 9.65. The summed E-state index contributed by atoms with van der Waals surface area (Å²) in [6, 6.07) is 7.55. The number of carbonyl (C=O) groups excluding carboxylic acids is 1. The van der Waals surface area contributed by atoms with Gasteiger partial charge in [-0.15, -0.1) is 0 Å². The Kier molecular flexibility index (Phi) is 7.16. The van der Waals surface area contributed by atoms with Gasteiger partial charge in [0.25, 0.3) is 5.91 Å². The van der Waals surface area contributed by atoms with Gasteiger partial charge in [-0.25, -0.2) is 9.78 Å². The second-order valence-electron chi connectivity index (χ2n) is 7.21. The van der Waals surface area contributed by atoms with Crippen molar-refractivity contribution in [3.63, 3.8) is 0 Å². The number of ether oxygens (including phenoxy) is 2. The minimum absolute atomic E-state index is 0.0408. The van der Waals surface area contributed by atoms with Crippen LogP contribution in [0.15, 0.2) is 41.2 Å². The molecule has 0 saturated carbocycles. The highest BCUT2D eigenvalue weighted by Crippen LogP contribution is 2.37. The Morgan fingerprint density at radius 3 is 2.52 bits per heavy atom. The fourth-order valence-electron chi connectivity index (χ4n) is 3.50. The van der Waals surface area contributed by atoms with E-state index >= 15 is 0 Å². The van der Waals surface area contributed by atoms with Crippen molar-refractivity contribution in [1.82, 2.24) is 9.88 Å². The first-order valence-electron chi connectivity index (χ1n) is 9.52. The number of likely N-dealkylation sites (tertiary alicyclic amines) is 1. The van der Waals surface area contributed by atoms with Gasteiger partial charge >= 0.3 is 12.1 Å². The summed E-state index contributed by atoms with van der Waals surface area (Å²) in [5.41, 5.74) is 0.643. The number of alkyl halides is 3. The van der Waals surface area contributed by atoms with E-state index in [2.05, 4.69) is 4.98 Å². The van der Waals surface area contributed by atoms with E-state index in [1.807, 2.05) is 39.9 Å². The smallest absolute Gasteiger partial charge is 0.475 e. The predicted octanol–water partition coefficient (Wildman–Crippen LogP) is 3.62. The summed E-state index contributed by atoms with van der Waals surface area (Å²) in [7, 11) is 0. The third-order valence-corrected chi connectivity index (χ3v) is 5.76. The molecule has 1 spiro atoms. The van der Waals surface area contributed by atoms with Gasteiger partial charge in [0, 0.05) is 37.2 Å². The zero-order chi connectivity index (χ0) is 22.5. The summed E-state index contributed by atoms with van der Waals surface area (Å²) in [6.45, 7) is 2.07. The highest BCUT2D eigenvalue weighted by molar-refractivity contribution is 7.08. The van der Waals surface area contributed by atoms with Crippen LogP contribution in [0.2, 0.25) is 0 Å². The van der Waals surface area contributed by atoms with Crippen LogP contribution in [0.25, 0.3) is 0 Å². The van der Waals surface area contributed by atoms with Crippen LogP contribution in [0.5, 0.6) is 5.88 Å². The number of amides is 1. The summed E-state index contributed by atoms with van der Waals surface area (Å²) in [6.07, 6.45) is -0.714. The van der Waals surface area contributed by atoms with Gasteiger partial charge in [-0.2, -0.15) is 24.5 Å². The molecule has 2 fully saturated rings. The lowest BCUT2D eigenvalue weighted by atomic mass is 9.88. The molecule has 1 amide bonds. The standard InChI is InChI=1S/C18H20N2O3S.C2HF3O2/c21-17(14-4-10-24-13-14)20-8-5-18(6-9-20)11-15(12-22-18)23-16-3-1-2-7-19-16;3-2(4,5)1(6)7/h1-4,7,10,13,15H,5-6,8-9,11-12H2;(H,6,7). The van der Waals surface area contributed by atoms with E-state index in [0.717, 1.165) is 37.9 Å². The largest absolute Gasteiger partial charge is 0.490 e. The average Bonchev–Trinajstić information content (AvgIpc) is 3.40. The van der Waals surface area contributed by atoms with Crippen LogP contribution in [-0.4, -0.2) is 64.4 Å². The average molecular weight is 458 g/mol. The number of thiophene rings is 1. The Balaban J connectivity index is 0.000000339. The topological polar surface area (TPSA) is 89.0 Å². The first-order valence-corrected chi connectivity index (χ1v) is 10.5. The van der Waals surface area contributed by atoms with Crippen molar-refractivity contribution in [2.75, 3.05) is 19.7 Å².